The first-order valence-electron chi connectivity index (χ1n) is 16.1. The number of aliphatic hydroxyl groups is 1. The maximum absolute atomic E-state index is 12.9. The summed E-state index contributed by atoms with van der Waals surface area (Å²) >= 11 is 0. The van der Waals surface area contributed by atoms with E-state index in [1.165, 1.54) is 30.5 Å². The summed E-state index contributed by atoms with van der Waals surface area (Å²) in [6, 6.07) is 4.48. The molecule has 2 aliphatic heterocycles. The van der Waals surface area contributed by atoms with Crippen molar-refractivity contribution in [1.82, 2.24) is 4.90 Å². The van der Waals surface area contributed by atoms with Crippen molar-refractivity contribution in [2.75, 3.05) is 47.1 Å². The van der Waals surface area contributed by atoms with Crippen LogP contribution in [0.15, 0.2) is 12.1 Å². The molecule has 2 heterocycles. The number of nitrogens with zero attached hydrogens (tertiary/aromatic N) is 1. The third-order valence-electron chi connectivity index (χ3n) is 12.7. The van der Waals surface area contributed by atoms with Crippen LogP contribution in [-0.2, 0) is 30.8 Å². The number of hydrogen-bond acceptors (Lipinski definition) is 8. The zero-order chi connectivity index (χ0) is 29.7. The molecule has 42 heavy (non-hydrogen) atoms. The number of piperidine rings is 1. The third-order valence-corrected chi connectivity index (χ3v) is 12.7. The van der Waals surface area contributed by atoms with E-state index >= 15 is 0 Å². The van der Waals surface area contributed by atoms with Crippen LogP contribution in [-0.4, -0.2) is 86.5 Å². The number of hydrogen-bond donors (Lipinski definition) is 1. The van der Waals surface area contributed by atoms with Crippen LogP contribution in [0.2, 0.25) is 0 Å². The number of methoxy groups -OCH3 is 2. The van der Waals surface area contributed by atoms with E-state index in [1.54, 1.807) is 7.11 Å². The summed E-state index contributed by atoms with van der Waals surface area (Å²) in [5, 5.41) is 12.4. The van der Waals surface area contributed by atoms with Crippen molar-refractivity contribution in [3.63, 3.8) is 0 Å². The molecule has 7 aliphatic rings. The molecular weight excluding hydrogens is 534 g/mol. The first-order valence-corrected chi connectivity index (χ1v) is 16.1. The summed E-state index contributed by atoms with van der Waals surface area (Å²) in [5.74, 6) is 1.45. The topological polar surface area (TPSA) is 86.7 Å². The van der Waals surface area contributed by atoms with Crippen molar-refractivity contribution in [2.24, 2.45) is 22.7 Å². The van der Waals surface area contributed by atoms with Gasteiger partial charge >= 0.3 is 5.97 Å². The SMILES string of the molecule is COCCOCC(=O)Oc1ccc2c3c1O[C@H]1[C@]4(OC)CC[C@@]5(C[C@@H]4[C@@](C)(O)C(C)(C)C)[C@@H](C2)N(CC2CC2)CC[C@]315. The van der Waals surface area contributed by atoms with Gasteiger partial charge in [-0.05, 0) is 81.4 Å². The average molecular weight is 584 g/mol. The number of carbonyl (C=O) groups is 1. The summed E-state index contributed by atoms with van der Waals surface area (Å²) in [7, 11) is 3.42. The molecule has 1 aromatic carbocycles. The second-order valence-electron chi connectivity index (χ2n) is 15.3. The predicted molar refractivity (Wildman–Crippen MR) is 157 cm³/mol. The second-order valence-corrected chi connectivity index (χ2v) is 15.3. The number of carbonyl (C=O) groups excluding carboxylic acids is 1. The monoisotopic (exact) mass is 583 g/mol. The van der Waals surface area contributed by atoms with Crippen LogP contribution in [0.25, 0.3) is 0 Å². The largest absolute Gasteiger partial charge is 0.482 e. The van der Waals surface area contributed by atoms with E-state index in [2.05, 4.69) is 31.7 Å². The summed E-state index contributed by atoms with van der Waals surface area (Å²) in [5.41, 5.74) is 0.308. The Hall–Kier alpha value is -1.71. The minimum atomic E-state index is -0.971. The molecule has 1 aromatic rings. The minimum Gasteiger partial charge on any atom is -0.482 e. The number of fused-ring (bicyclic) bond motifs is 2. The summed E-state index contributed by atoms with van der Waals surface area (Å²) < 4.78 is 30.2. The van der Waals surface area contributed by atoms with Gasteiger partial charge in [-0.25, -0.2) is 4.79 Å². The first-order chi connectivity index (χ1) is 19.9. The zero-order valence-corrected chi connectivity index (χ0v) is 26.3. The lowest BCUT2D eigenvalue weighted by atomic mass is 9.33. The van der Waals surface area contributed by atoms with Crippen molar-refractivity contribution >= 4 is 5.97 Å². The minimum absolute atomic E-state index is 0.0465. The quantitative estimate of drug-likeness (QED) is 0.248. The molecule has 4 saturated carbocycles. The van der Waals surface area contributed by atoms with Crippen molar-refractivity contribution in [1.29, 1.82) is 0 Å². The fourth-order valence-corrected chi connectivity index (χ4v) is 10.1. The number of esters is 1. The number of ether oxygens (including phenoxy) is 5. The van der Waals surface area contributed by atoms with Crippen LogP contribution in [0.5, 0.6) is 11.5 Å². The van der Waals surface area contributed by atoms with Crippen LogP contribution in [0.4, 0.5) is 0 Å². The molecule has 7 atom stereocenters. The summed E-state index contributed by atoms with van der Waals surface area (Å²) in [6.45, 7) is 11.3. The van der Waals surface area contributed by atoms with Crippen LogP contribution in [0.1, 0.15) is 77.3 Å². The van der Waals surface area contributed by atoms with E-state index in [4.69, 9.17) is 23.7 Å². The number of benzene rings is 1. The van der Waals surface area contributed by atoms with Crippen LogP contribution in [0.3, 0.4) is 0 Å². The van der Waals surface area contributed by atoms with Crippen molar-refractivity contribution in [3.8, 4) is 11.5 Å². The van der Waals surface area contributed by atoms with E-state index < -0.39 is 17.2 Å². The highest BCUT2D eigenvalue weighted by atomic mass is 16.6. The molecular formula is C34H49NO7. The Kier molecular flexibility index (Phi) is 6.66. The fraction of sp³-hybridized carbons (Fsp3) is 0.794. The normalized spacial score (nSPS) is 37.6. The third kappa shape index (κ3) is 3.74. The van der Waals surface area contributed by atoms with Crippen molar-refractivity contribution in [3.05, 3.63) is 23.3 Å². The first kappa shape index (κ1) is 29.0. The highest BCUT2D eigenvalue weighted by Gasteiger charge is 2.82. The Labute approximate surface area is 250 Å². The molecule has 1 N–H and O–H groups in total. The van der Waals surface area contributed by atoms with Gasteiger partial charge in [-0.1, -0.05) is 26.8 Å². The fourth-order valence-electron chi connectivity index (χ4n) is 10.1. The number of likely N-dealkylation sites (tertiary alicyclic amines) is 1. The molecule has 0 aromatic heterocycles. The maximum atomic E-state index is 12.9. The number of rotatable bonds is 10. The molecule has 232 valence electrons. The smallest absolute Gasteiger partial charge is 0.337 e. The van der Waals surface area contributed by atoms with Gasteiger partial charge in [-0.2, -0.15) is 0 Å². The van der Waals surface area contributed by atoms with Gasteiger partial charge in [-0.15, -0.1) is 0 Å². The van der Waals surface area contributed by atoms with Crippen LogP contribution >= 0.6 is 0 Å². The zero-order valence-electron chi connectivity index (χ0n) is 26.3. The van der Waals surface area contributed by atoms with Gasteiger partial charge in [0.05, 0.1) is 18.8 Å². The lowest BCUT2D eigenvalue weighted by Crippen LogP contribution is -2.83. The van der Waals surface area contributed by atoms with Gasteiger partial charge in [0.1, 0.15) is 18.3 Å². The molecule has 0 unspecified atom stereocenters. The average Bonchev–Trinajstić information content (AvgIpc) is 3.69. The molecule has 0 radical (unpaired) electrons. The van der Waals surface area contributed by atoms with E-state index in [-0.39, 0.29) is 34.9 Å². The molecule has 0 amide bonds. The molecule has 2 spiro atoms. The molecule has 5 aliphatic carbocycles. The van der Waals surface area contributed by atoms with Gasteiger partial charge in [0, 0.05) is 49.1 Å². The lowest BCUT2D eigenvalue weighted by Gasteiger charge is -2.75. The highest BCUT2D eigenvalue weighted by molar-refractivity contribution is 5.76. The van der Waals surface area contributed by atoms with E-state index in [9.17, 15) is 9.90 Å². The van der Waals surface area contributed by atoms with Gasteiger partial charge in [0.25, 0.3) is 0 Å². The van der Waals surface area contributed by atoms with Gasteiger partial charge in [0.2, 0.25) is 0 Å². The van der Waals surface area contributed by atoms with Gasteiger partial charge in [-0.3, -0.25) is 4.90 Å². The van der Waals surface area contributed by atoms with E-state index in [1.807, 2.05) is 20.1 Å². The summed E-state index contributed by atoms with van der Waals surface area (Å²) in [6.07, 6.45) is 7.20. The lowest BCUT2D eigenvalue weighted by molar-refractivity contribution is -0.312. The molecule has 8 rings (SSSR count). The Morgan fingerprint density at radius 2 is 1.90 bits per heavy atom. The Morgan fingerprint density at radius 3 is 2.60 bits per heavy atom. The Morgan fingerprint density at radius 1 is 1.12 bits per heavy atom. The van der Waals surface area contributed by atoms with E-state index in [0.29, 0.717) is 30.8 Å². The summed E-state index contributed by atoms with van der Waals surface area (Å²) in [4.78, 5) is 15.7. The Bertz CT molecular complexity index is 1250. The van der Waals surface area contributed by atoms with Crippen LogP contribution < -0.4 is 9.47 Å². The highest BCUT2D eigenvalue weighted by Crippen LogP contribution is 2.78. The maximum Gasteiger partial charge on any atom is 0.337 e. The molecule has 8 nitrogen and oxygen atoms in total. The molecule has 8 heteroatoms. The standard InChI is InChI=1S/C34H49NO7/c1-30(2,3)31(4,37)24-18-32-11-12-34(24,39-6)29-33(32)13-14-35(19-21-7-8-21)25(32)17-22-9-10-23(28(42-29)27(22)33)41-26(36)20-40-16-15-38-5/h9-10,21,24-25,29,37H,7-8,11-20H2,1-6H3/t24-,25-,29-,31-,32-,33+,34+/m1/s1. The molecule has 1 saturated heterocycles. The predicted octanol–water partition coefficient (Wildman–Crippen LogP) is 4.28. The Balaban J connectivity index is 1.35. The van der Waals surface area contributed by atoms with E-state index in [0.717, 1.165) is 44.6 Å². The van der Waals surface area contributed by atoms with Crippen molar-refractivity contribution < 1.29 is 33.6 Å². The van der Waals surface area contributed by atoms with Gasteiger partial charge in [0.15, 0.2) is 11.5 Å². The van der Waals surface area contributed by atoms with Gasteiger partial charge < -0.3 is 28.8 Å². The molecule has 4 bridgehead atoms. The van der Waals surface area contributed by atoms with Crippen LogP contribution in [0, 0.1) is 22.7 Å². The van der Waals surface area contributed by atoms with Crippen molar-refractivity contribution in [2.45, 2.75) is 101 Å². The second kappa shape index (κ2) is 9.64. The molecule has 5 fully saturated rings.